The van der Waals surface area contributed by atoms with E-state index in [2.05, 4.69) is 24.1 Å². The molecule has 0 aromatic heterocycles. The smallest absolute Gasteiger partial charge is 0.0330 e. The van der Waals surface area contributed by atoms with Gasteiger partial charge in [0, 0.05) is 37.3 Å². The van der Waals surface area contributed by atoms with Gasteiger partial charge in [-0.1, -0.05) is 12.8 Å². The highest BCUT2D eigenvalue weighted by Gasteiger charge is 2.35. The average Bonchev–Trinajstić information content (AvgIpc) is 2.82. The van der Waals surface area contributed by atoms with E-state index in [0.29, 0.717) is 6.04 Å². The summed E-state index contributed by atoms with van der Waals surface area (Å²) in [7, 11) is 0. The number of nitrogens with zero attached hydrogens (tertiary/aromatic N) is 1. The first-order valence-corrected chi connectivity index (χ1v) is 7.37. The Morgan fingerprint density at radius 1 is 1.24 bits per heavy atom. The third kappa shape index (κ3) is 3.21. The molecule has 1 aliphatic carbocycles. The molecular formula is C14H29N3. The van der Waals surface area contributed by atoms with E-state index in [4.69, 9.17) is 5.73 Å². The van der Waals surface area contributed by atoms with Crippen LogP contribution in [0.1, 0.15) is 52.4 Å². The lowest BCUT2D eigenvalue weighted by Crippen LogP contribution is -2.60. The molecule has 0 spiro atoms. The fraction of sp³-hybridized carbons (Fsp3) is 1.00. The van der Waals surface area contributed by atoms with E-state index in [1.807, 2.05) is 0 Å². The highest BCUT2D eigenvalue weighted by Crippen LogP contribution is 2.27. The third-order valence-electron chi connectivity index (χ3n) is 4.74. The molecule has 3 N–H and O–H groups in total. The number of likely N-dealkylation sites (tertiary alicyclic amines) is 1. The summed E-state index contributed by atoms with van der Waals surface area (Å²) in [6.07, 6.45) is 7.95. The summed E-state index contributed by atoms with van der Waals surface area (Å²) in [5, 5.41) is 3.89. The quantitative estimate of drug-likeness (QED) is 0.785. The molecule has 0 amide bonds. The van der Waals surface area contributed by atoms with Gasteiger partial charge >= 0.3 is 0 Å². The summed E-state index contributed by atoms with van der Waals surface area (Å²) in [6.45, 7) is 7.79. The van der Waals surface area contributed by atoms with Crippen molar-refractivity contribution in [3.05, 3.63) is 0 Å². The van der Waals surface area contributed by atoms with Crippen LogP contribution in [0, 0.1) is 0 Å². The van der Waals surface area contributed by atoms with Crippen LogP contribution < -0.4 is 11.1 Å². The second-order valence-corrected chi connectivity index (χ2v) is 6.24. The highest BCUT2D eigenvalue weighted by atomic mass is 15.2. The maximum Gasteiger partial charge on any atom is 0.0330 e. The van der Waals surface area contributed by atoms with E-state index in [1.54, 1.807) is 0 Å². The molecule has 100 valence electrons. The Morgan fingerprint density at radius 2 is 1.82 bits per heavy atom. The number of hydrogen-bond donors (Lipinski definition) is 2. The first kappa shape index (κ1) is 13.3. The van der Waals surface area contributed by atoms with E-state index in [0.717, 1.165) is 12.6 Å². The van der Waals surface area contributed by atoms with Crippen LogP contribution in [0.3, 0.4) is 0 Å². The molecule has 1 saturated heterocycles. The molecule has 2 rings (SSSR count). The Bertz CT molecular complexity index is 226. The van der Waals surface area contributed by atoms with Crippen molar-refractivity contribution in [2.24, 2.45) is 5.73 Å². The van der Waals surface area contributed by atoms with Crippen LogP contribution in [0.15, 0.2) is 0 Å². The Balaban J connectivity index is 1.88. The summed E-state index contributed by atoms with van der Waals surface area (Å²) in [5.41, 5.74) is 6.29. The van der Waals surface area contributed by atoms with Crippen molar-refractivity contribution >= 4 is 0 Å². The van der Waals surface area contributed by atoms with Gasteiger partial charge in [-0.15, -0.1) is 0 Å². The SMILES string of the molecule is CC(C)N1CCC(CN)(NC2CCCC2)CC1. The van der Waals surface area contributed by atoms with Crippen molar-refractivity contribution < 1.29 is 0 Å². The van der Waals surface area contributed by atoms with Crippen LogP contribution >= 0.6 is 0 Å². The van der Waals surface area contributed by atoms with Crippen LogP contribution in [0.4, 0.5) is 0 Å². The van der Waals surface area contributed by atoms with Crippen molar-refractivity contribution in [3.63, 3.8) is 0 Å². The van der Waals surface area contributed by atoms with Crippen molar-refractivity contribution in [2.45, 2.75) is 70.0 Å². The molecule has 0 aromatic rings. The Labute approximate surface area is 106 Å². The van der Waals surface area contributed by atoms with Crippen LogP contribution in [0.5, 0.6) is 0 Å². The molecule has 1 heterocycles. The Hall–Kier alpha value is -0.120. The summed E-state index contributed by atoms with van der Waals surface area (Å²) in [4.78, 5) is 2.57. The van der Waals surface area contributed by atoms with Crippen LogP contribution in [0.2, 0.25) is 0 Å². The standard InChI is InChI=1S/C14H29N3/c1-12(2)17-9-7-14(11-15,8-10-17)16-13-5-3-4-6-13/h12-13,16H,3-11,15H2,1-2H3. The number of nitrogens with one attached hydrogen (secondary N) is 1. The van der Waals surface area contributed by atoms with E-state index < -0.39 is 0 Å². The molecule has 0 unspecified atom stereocenters. The van der Waals surface area contributed by atoms with E-state index in [9.17, 15) is 0 Å². The van der Waals surface area contributed by atoms with Crippen molar-refractivity contribution in [1.29, 1.82) is 0 Å². The normalized spacial score (nSPS) is 26.8. The zero-order chi connectivity index (χ0) is 12.3. The van der Waals surface area contributed by atoms with Crippen molar-refractivity contribution in [1.82, 2.24) is 10.2 Å². The first-order valence-electron chi connectivity index (χ1n) is 7.37. The highest BCUT2D eigenvalue weighted by molar-refractivity contribution is 4.97. The molecule has 0 bridgehead atoms. The molecular weight excluding hydrogens is 210 g/mol. The fourth-order valence-electron chi connectivity index (χ4n) is 3.38. The minimum atomic E-state index is 0.237. The molecule has 1 aliphatic heterocycles. The van der Waals surface area contributed by atoms with Gasteiger partial charge in [-0.2, -0.15) is 0 Å². The Kier molecular flexibility index (Phi) is 4.45. The van der Waals surface area contributed by atoms with E-state index >= 15 is 0 Å². The minimum Gasteiger partial charge on any atom is -0.329 e. The molecule has 3 nitrogen and oxygen atoms in total. The minimum absolute atomic E-state index is 0.237. The second-order valence-electron chi connectivity index (χ2n) is 6.24. The molecule has 3 heteroatoms. The summed E-state index contributed by atoms with van der Waals surface area (Å²) in [6, 6.07) is 1.42. The van der Waals surface area contributed by atoms with Crippen LogP contribution in [0.25, 0.3) is 0 Å². The van der Waals surface area contributed by atoms with Crippen molar-refractivity contribution in [2.75, 3.05) is 19.6 Å². The monoisotopic (exact) mass is 239 g/mol. The molecule has 0 atom stereocenters. The van der Waals surface area contributed by atoms with Gasteiger partial charge in [0.05, 0.1) is 0 Å². The molecule has 2 fully saturated rings. The van der Waals surface area contributed by atoms with Gasteiger partial charge in [0.15, 0.2) is 0 Å². The molecule has 0 radical (unpaired) electrons. The van der Waals surface area contributed by atoms with Gasteiger partial charge in [0.2, 0.25) is 0 Å². The molecule has 1 saturated carbocycles. The van der Waals surface area contributed by atoms with Gasteiger partial charge in [0.1, 0.15) is 0 Å². The maximum atomic E-state index is 6.06. The zero-order valence-electron chi connectivity index (χ0n) is 11.5. The summed E-state index contributed by atoms with van der Waals surface area (Å²) in [5.74, 6) is 0. The Morgan fingerprint density at radius 3 is 2.29 bits per heavy atom. The van der Waals surface area contributed by atoms with Crippen LogP contribution in [-0.2, 0) is 0 Å². The first-order chi connectivity index (χ1) is 8.15. The number of piperidine rings is 1. The van der Waals surface area contributed by atoms with Gasteiger partial charge in [-0.3, -0.25) is 0 Å². The molecule has 2 aliphatic rings. The lowest BCUT2D eigenvalue weighted by Gasteiger charge is -2.44. The summed E-state index contributed by atoms with van der Waals surface area (Å²) >= 11 is 0. The lowest BCUT2D eigenvalue weighted by molar-refractivity contribution is 0.106. The van der Waals surface area contributed by atoms with Gasteiger partial charge in [-0.25, -0.2) is 0 Å². The number of hydrogen-bond acceptors (Lipinski definition) is 3. The lowest BCUT2D eigenvalue weighted by atomic mass is 9.86. The number of rotatable bonds is 4. The predicted molar refractivity (Wildman–Crippen MR) is 73.1 cm³/mol. The topological polar surface area (TPSA) is 41.3 Å². The van der Waals surface area contributed by atoms with Gasteiger partial charge in [0.25, 0.3) is 0 Å². The van der Waals surface area contributed by atoms with Crippen molar-refractivity contribution in [3.8, 4) is 0 Å². The maximum absolute atomic E-state index is 6.06. The largest absolute Gasteiger partial charge is 0.329 e. The second kappa shape index (κ2) is 5.68. The third-order valence-corrected chi connectivity index (χ3v) is 4.74. The zero-order valence-corrected chi connectivity index (χ0v) is 11.5. The fourth-order valence-corrected chi connectivity index (χ4v) is 3.38. The average molecular weight is 239 g/mol. The van der Waals surface area contributed by atoms with E-state index in [-0.39, 0.29) is 5.54 Å². The predicted octanol–water partition coefficient (Wildman–Crippen LogP) is 1.72. The van der Waals surface area contributed by atoms with E-state index in [1.165, 1.54) is 51.6 Å². The van der Waals surface area contributed by atoms with Gasteiger partial charge < -0.3 is 16.0 Å². The summed E-state index contributed by atoms with van der Waals surface area (Å²) < 4.78 is 0. The number of nitrogens with two attached hydrogens (primary N) is 1. The molecule has 17 heavy (non-hydrogen) atoms. The van der Waals surface area contributed by atoms with Crippen LogP contribution in [-0.4, -0.2) is 42.2 Å². The van der Waals surface area contributed by atoms with Gasteiger partial charge in [-0.05, 0) is 39.5 Å². The molecule has 0 aromatic carbocycles.